The number of aryl methyl sites for hydroxylation is 1. The standard InChI is InChI=1S/C13H13ClN4O2S/c1-17(2)21(19,20)8-4-5-10-9(6-8)11-12(18(10)3)13(14)16-7-15-11/h4-7H,1-3H3. The number of benzene rings is 1. The van der Waals surface area contributed by atoms with Crippen molar-refractivity contribution in [2.75, 3.05) is 14.1 Å². The third-order valence-corrected chi connectivity index (χ3v) is 5.56. The highest BCUT2D eigenvalue weighted by Gasteiger charge is 2.20. The number of rotatable bonds is 2. The molecule has 0 fully saturated rings. The molecule has 0 spiro atoms. The van der Waals surface area contributed by atoms with Gasteiger partial charge in [-0.15, -0.1) is 0 Å². The van der Waals surface area contributed by atoms with Crippen molar-refractivity contribution in [1.82, 2.24) is 18.8 Å². The zero-order valence-electron chi connectivity index (χ0n) is 11.7. The van der Waals surface area contributed by atoms with E-state index in [1.807, 2.05) is 11.6 Å². The molecule has 2 aromatic heterocycles. The zero-order chi connectivity index (χ0) is 15.4. The van der Waals surface area contributed by atoms with Crippen molar-refractivity contribution in [3.63, 3.8) is 0 Å². The summed E-state index contributed by atoms with van der Waals surface area (Å²) in [5, 5.41) is 1.08. The number of sulfonamides is 1. The second-order valence-electron chi connectivity index (χ2n) is 4.89. The van der Waals surface area contributed by atoms with Crippen molar-refractivity contribution in [3.05, 3.63) is 29.7 Å². The summed E-state index contributed by atoms with van der Waals surface area (Å²) in [7, 11) is 1.36. The Balaban J connectivity index is 2.43. The maximum Gasteiger partial charge on any atom is 0.242 e. The van der Waals surface area contributed by atoms with Crippen LogP contribution in [0.3, 0.4) is 0 Å². The first-order valence-corrected chi connectivity index (χ1v) is 7.97. The predicted octanol–water partition coefficient (Wildman–Crippen LogP) is 2.03. The molecule has 0 aliphatic heterocycles. The van der Waals surface area contributed by atoms with Gasteiger partial charge in [-0.05, 0) is 18.2 Å². The smallest absolute Gasteiger partial charge is 0.242 e. The molecular formula is C13H13ClN4O2S. The second-order valence-corrected chi connectivity index (χ2v) is 7.40. The first-order chi connectivity index (χ1) is 9.84. The summed E-state index contributed by atoms with van der Waals surface area (Å²) in [6.45, 7) is 0. The molecule has 3 rings (SSSR count). The van der Waals surface area contributed by atoms with Gasteiger partial charge in [-0.2, -0.15) is 0 Å². The van der Waals surface area contributed by atoms with Crippen LogP contribution in [-0.2, 0) is 17.1 Å². The highest BCUT2D eigenvalue weighted by molar-refractivity contribution is 7.89. The summed E-state index contributed by atoms with van der Waals surface area (Å²) in [5.41, 5.74) is 2.18. The van der Waals surface area contributed by atoms with Gasteiger partial charge in [0.25, 0.3) is 0 Å². The predicted molar refractivity (Wildman–Crippen MR) is 81.9 cm³/mol. The molecule has 0 aliphatic carbocycles. The summed E-state index contributed by atoms with van der Waals surface area (Å²) in [5.74, 6) is 0. The zero-order valence-corrected chi connectivity index (χ0v) is 13.3. The number of hydrogen-bond donors (Lipinski definition) is 0. The van der Waals surface area contributed by atoms with Gasteiger partial charge in [-0.25, -0.2) is 22.7 Å². The van der Waals surface area contributed by atoms with Crippen molar-refractivity contribution in [3.8, 4) is 0 Å². The van der Waals surface area contributed by atoms with Crippen LogP contribution in [0.5, 0.6) is 0 Å². The normalized spacial score (nSPS) is 12.6. The highest BCUT2D eigenvalue weighted by Crippen LogP contribution is 2.31. The van der Waals surface area contributed by atoms with E-state index >= 15 is 0 Å². The van der Waals surface area contributed by atoms with Crippen molar-refractivity contribution in [2.24, 2.45) is 7.05 Å². The Labute approximate surface area is 127 Å². The van der Waals surface area contributed by atoms with Crippen LogP contribution < -0.4 is 0 Å². The van der Waals surface area contributed by atoms with Crippen molar-refractivity contribution in [2.45, 2.75) is 4.90 Å². The maximum absolute atomic E-state index is 12.2. The van der Waals surface area contributed by atoms with E-state index in [0.717, 1.165) is 10.9 Å². The van der Waals surface area contributed by atoms with Gasteiger partial charge in [0.2, 0.25) is 10.0 Å². The van der Waals surface area contributed by atoms with E-state index in [0.29, 0.717) is 16.2 Å². The average molecular weight is 325 g/mol. The molecule has 0 bridgehead atoms. The first-order valence-electron chi connectivity index (χ1n) is 6.15. The molecule has 110 valence electrons. The molecule has 3 aromatic rings. The Morgan fingerprint density at radius 2 is 1.95 bits per heavy atom. The minimum absolute atomic E-state index is 0.224. The minimum atomic E-state index is -3.49. The quantitative estimate of drug-likeness (QED) is 0.676. The lowest BCUT2D eigenvalue weighted by atomic mass is 10.2. The summed E-state index contributed by atoms with van der Waals surface area (Å²) in [6.07, 6.45) is 1.37. The van der Waals surface area contributed by atoms with Crippen LogP contribution in [0.1, 0.15) is 0 Å². The lowest BCUT2D eigenvalue weighted by Gasteiger charge is -2.11. The summed E-state index contributed by atoms with van der Waals surface area (Å²) < 4.78 is 27.5. The van der Waals surface area contributed by atoms with E-state index in [4.69, 9.17) is 11.6 Å². The summed E-state index contributed by atoms with van der Waals surface area (Å²) >= 11 is 6.12. The molecule has 2 heterocycles. The molecular weight excluding hydrogens is 312 g/mol. The van der Waals surface area contributed by atoms with Gasteiger partial charge in [0.1, 0.15) is 17.4 Å². The number of aromatic nitrogens is 3. The molecule has 21 heavy (non-hydrogen) atoms. The first kappa shape index (κ1) is 14.2. The van der Waals surface area contributed by atoms with E-state index in [1.165, 1.54) is 24.7 Å². The fourth-order valence-corrected chi connectivity index (χ4v) is 3.53. The number of nitrogens with zero attached hydrogens (tertiary/aromatic N) is 4. The lowest BCUT2D eigenvalue weighted by Crippen LogP contribution is -2.22. The molecule has 0 saturated carbocycles. The van der Waals surface area contributed by atoms with Gasteiger partial charge in [-0.1, -0.05) is 11.6 Å². The SMILES string of the molecule is CN(C)S(=O)(=O)c1ccc2c(c1)c1ncnc(Cl)c1n2C. The third-order valence-electron chi connectivity index (χ3n) is 3.48. The van der Waals surface area contributed by atoms with Gasteiger partial charge in [0.15, 0.2) is 5.15 Å². The third kappa shape index (κ3) is 2.00. The van der Waals surface area contributed by atoms with Crippen molar-refractivity contribution >= 4 is 43.6 Å². The number of hydrogen-bond acceptors (Lipinski definition) is 4. The number of fused-ring (bicyclic) bond motifs is 3. The molecule has 0 aliphatic rings. The maximum atomic E-state index is 12.2. The molecule has 1 aromatic carbocycles. The van der Waals surface area contributed by atoms with Crippen LogP contribution >= 0.6 is 11.6 Å². The Bertz CT molecular complexity index is 963. The highest BCUT2D eigenvalue weighted by atomic mass is 35.5. The molecule has 6 nitrogen and oxygen atoms in total. The van der Waals surface area contributed by atoms with E-state index < -0.39 is 10.0 Å². The Morgan fingerprint density at radius 3 is 2.62 bits per heavy atom. The molecule has 0 amide bonds. The summed E-state index contributed by atoms with van der Waals surface area (Å²) in [6, 6.07) is 4.96. The van der Waals surface area contributed by atoms with Gasteiger partial charge < -0.3 is 4.57 Å². The largest absolute Gasteiger partial charge is 0.340 e. The molecule has 0 radical (unpaired) electrons. The van der Waals surface area contributed by atoms with Crippen LogP contribution in [0.25, 0.3) is 21.9 Å². The lowest BCUT2D eigenvalue weighted by molar-refractivity contribution is 0.521. The topological polar surface area (TPSA) is 68.1 Å². The molecule has 8 heteroatoms. The molecule has 0 saturated heterocycles. The second kappa shape index (κ2) is 4.66. The fraction of sp³-hybridized carbons (Fsp3) is 0.231. The van der Waals surface area contributed by atoms with E-state index in [1.54, 1.807) is 18.2 Å². The van der Waals surface area contributed by atoms with Gasteiger partial charge in [0, 0.05) is 26.5 Å². The summed E-state index contributed by atoms with van der Waals surface area (Å²) in [4.78, 5) is 8.43. The van der Waals surface area contributed by atoms with Crippen LogP contribution in [0.4, 0.5) is 0 Å². The fourth-order valence-electron chi connectivity index (χ4n) is 2.34. The van der Waals surface area contributed by atoms with E-state index in [9.17, 15) is 8.42 Å². The minimum Gasteiger partial charge on any atom is -0.340 e. The van der Waals surface area contributed by atoms with Gasteiger partial charge >= 0.3 is 0 Å². The molecule has 0 N–H and O–H groups in total. The van der Waals surface area contributed by atoms with Crippen LogP contribution in [-0.4, -0.2) is 41.4 Å². The Morgan fingerprint density at radius 1 is 1.24 bits per heavy atom. The van der Waals surface area contributed by atoms with Crippen LogP contribution in [0.2, 0.25) is 5.15 Å². The monoisotopic (exact) mass is 324 g/mol. The Hall–Kier alpha value is -1.70. The van der Waals surface area contributed by atoms with Gasteiger partial charge in [0.05, 0.1) is 10.4 Å². The van der Waals surface area contributed by atoms with E-state index in [-0.39, 0.29) is 4.90 Å². The van der Waals surface area contributed by atoms with Crippen molar-refractivity contribution in [1.29, 1.82) is 0 Å². The average Bonchev–Trinajstić information content (AvgIpc) is 2.73. The van der Waals surface area contributed by atoms with Crippen molar-refractivity contribution < 1.29 is 8.42 Å². The number of halogens is 1. The van der Waals surface area contributed by atoms with Crippen LogP contribution in [0, 0.1) is 0 Å². The molecule has 0 atom stereocenters. The van der Waals surface area contributed by atoms with Crippen LogP contribution in [0.15, 0.2) is 29.4 Å². The Kier molecular flexibility index (Phi) is 3.16. The van der Waals surface area contributed by atoms with Gasteiger partial charge in [-0.3, -0.25) is 0 Å². The van der Waals surface area contributed by atoms with E-state index in [2.05, 4.69) is 9.97 Å². The molecule has 0 unspecified atom stereocenters.